The van der Waals surface area contributed by atoms with E-state index < -0.39 is 27.2 Å². The van der Waals surface area contributed by atoms with Crippen LogP contribution in [0, 0.1) is 0 Å². The molecule has 1 unspecified atom stereocenters. The molecule has 2 N–H and O–H groups in total. The molecule has 2 heterocycles. The first kappa shape index (κ1) is 30.9. The highest BCUT2D eigenvalue weighted by Crippen LogP contribution is 2.41. The van der Waals surface area contributed by atoms with E-state index in [0.29, 0.717) is 53.0 Å². The molecule has 1 aliphatic heterocycles. The van der Waals surface area contributed by atoms with Crippen LogP contribution in [0.4, 0.5) is 5.69 Å². The zero-order valence-corrected chi connectivity index (χ0v) is 25.6. The molecule has 0 aliphatic carbocycles. The summed E-state index contributed by atoms with van der Waals surface area (Å²) in [4.78, 5) is 1.91. The predicted molar refractivity (Wildman–Crippen MR) is 165 cm³/mol. The van der Waals surface area contributed by atoms with Crippen molar-refractivity contribution in [1.29, 1.82) is 0 Å². The SMILES string of the molecule is CCC(/C=C1\Oc2ccc(Cl)cc2N1CCCOS(=O)O)=C\c1oc2ccc(-c3ccccc3)cc2[n+]1CCS(=O)(=O)O. The smallest absolute Gasteiger partial charge is 0.374 e. The maximum atomic E-state index is 11.7. The molecule has 0 radical (unpaired) electrons. The molecule has 1 aromatic heterocycles. The number of ether oxygens (including phenoxy) is 1. The first-order chi connectivity index (χ1) is 20.6. The highest BCUT2D eigenvalue weighted by Gasteiger charge is 2.28. The van der Waals surface area contributed by atoms with Gasteiger partial charge in [-0.15, -0.1) is 0 Å². The second-order valence-corrected chi connectivity index (χ2v) is 12.4. The number of benzene rings is 3. The lowest BCUT2D eigenvalue weighted by atomic mass is 10.1. The van der Waals surface area contributed by atoms with Crippen LogP contribution in [-0.2, 0) is 32.2 Å². The third kappa shape index (κ3) is 7.71. The Morgan fingerprint density at radius 2 is 1.91 bits per heavy atom. The van der Waals surface area contributed by atoms with E-state index in [2.05, 4.69) is 0 Å². The summed E-state index contributed by atoms with van der Waals surface area (Å²) in [5, 5.41) is 0.532. The van der Waals surface area contributed by atoms with E-state index in [1.807, 2.05) is 72.5 Å². The van der Waals surface area contributed by atoms with E-state index in [1.165, 1.54) is 0 Å². The molecule has 0 fully saturated rings. The van der Waals surface area contributed by atoms with Crippen molar-refractivity contribution in [2.45, 2.75) is 26.3 Å². The number of aromatic nitrogens is 1. The van der Waals surface area contributed by atoms with Gasteiger partial charge in [0.2, 0.25) is 11.5 Å². The summed E-state index contributed by atoms with van der Waals surface area (Å²) < 4.78 is 71.6. The minimum absolute atomic E-state index is 0.0255. The fraction of sp³-hybridized carbons (Fsp3) is 0.233. The summed E-state index contributed by atoms with van der Waals surface area (Å²) >= 11 is 3.91. The summed E-state index contributed by atoms with van der Waals surface area (Å²) in [6.07, 6.45) is 4.69. The zero-order valence-electron chi connectivity index (χ0n) is 23.2. The molecular formula is C30H30ClN2O8S2+. The highest BCUT2D eigenvalue weighted by molar-refractivity contribution is 7.85. The van der Waals surface area contributed by atoms with Crippen molar-refractivity contribution in [3.63, 3.8) is 0 Å². The highest BCUT2D eigenvalue weighted by atomic mass is 35.5. The lowest BCUT2D eigenvalue weighted by Crippen LogP contribution is -2.38. The third-order valence-corrected chi connectivity index (χ3v) is 8.14. The molecule has 226 valence electrons. The van der Waals surface area contributed by atoms with Gasteiger partial charge in [0, 0.05) is 23.7 Å². The number of fused-ring (bicyclic) bond motifs is 2. The number of oxazole rings is 1. The van der Waals surface area contributed by atoms with E-state index in [1.54, 1.807) is 22.8 Å². The Morgan fingerprint density at radius 1 is 1.12 bits per heavy atom. The largest absolute Gasteiger partial charge is 0.439 e. The Bertz CT molecular complexity index is 1820. The van der Waals surface area contributed by atoms with Crippen LogP contribution in [0.1, 0.15) is 25.7 Å². The maximum absolute atomic E-state index is 11.7. The van der Waals surface area contributed by atoms with Gasteiger partial charge in [-0.05, 0) is 53.8 Å². The molecule has 1 atom stereocenters. The normalized spacial score (nSPS) is 15.2. The van der Waals surface area contributed by atoms with Crippen LogP contribution >= 0.6 is 11.6 Å². The molecule has 1 aliphatic rings. The average molecular weight is 646 g/mol. The fourth-order valence-electron chi connectivity index (χ4n) is 4.78. The van der Waals surface area contributed by atoms with Gasteiger partial charge >= 0.3 is 17.3 Å². The Morgan fingerprint density at radius 3 is 2.63 bits per heavy atom. The average Bonchev–Trinajstić information content (AvgIpc) is 3.49. The van der Waals surface area contributed by atoms with E-state index in [9.17, 15) is 17.2 Å². The Balaban J connectivity index is 1.53. The molecule has 0 bridgehead atoms. The number of allylic oxidation sites excluding steroid dienone is 2. The summed E-state index contributed by atoms with van der Waals surface area (Å²) in [6, 6.07) is 20.8. The minimum Gasteiger partial charge on any atom is -0.439 e. The summed E-state index contributed by atoms with van der Waals surface area (Å²) in [6.45, 7) is 2.43. The van der Waals surface area contributed by atoms with Gasteiger partial charge in [-0.25, -0.2) is 0 Å². The molecule has 5 rings (SSSR count). The molecular weight excluding hydrogens is 616 g/mol. The predicted octanol–water partition coefficient (Wildman–Crippen LogP) is 6.01. The number of rotatable bonds is 12. The standard InChI is InChI=1S/C30H29ClN2O8S2/c1-2-21(17-29-32(13-6-15-39-42(34)35)26-20-24(31)10-12-28(26)41-29)18-30-33(14-16-43(36,37)38)25-19-23(9-11-27(25)40-30)22-7-4-3-5-8-22/h3-5,7-12,17-20H,2,6,13-16H2,1H3,(H-,34,35,36,37,38)/p+1. The number of aryl methyl sites for hydroxylation is 1. The first-order valence-corrected chi connectivity index (χ1v) is 16.5. The van der Waals surface area contributed by atoms with Crippen LogP contribution in [0.25, 0.3) is 28.3 Å². The number of hydrogen-bond acceptors (Lipinski definition) is 7. The van der Waals surface area contributed by atoms with Gasteiger partial charge in [0.25, 0.3) is 15.6 Å². The summed E-state index contributed by atoms with van der Waals surface area (Å²) in [7, 11) is -4.24. The maximum Gasteiger partial charge on any atom is 0.374 e. The molecule has 0 saturated heterocycles. The van der Waals surface area contributed by atoms with E-state index in [-0.39, 0.29) is 13.2 Å². The number of nitrogens with zero attached hydrogens (tertiary/aromatic N) is 2. The zero-order chi connectivity index (χ0) is 30.6. The van der Waals surface area contributed by atoms with Gasteiger partial charge in [-0.3, -0.25) is 13.3 Å². The molecule has 10 nitrogen and oxygen atoms in total. The van der Waals surface area contributed by atoms with Crippen molar-refractivity contribution in [1.82, 2.24) is 0 Å². The molecule has 3 aromatic carbocycles. The number of hydrogen-bond donors (Lipinski definition) is 2. The van der Waals surface area contributed by atoms with Crippen molar-refractivity contribution in [3.8, 4) is 16.9 Å². The number of anilines is 1. The van der Waals surface area contributed by atoms with Gasteiger partial charge < -0.3 is 14.1 Å². The Hall–Kier alpha value is -3.52. The monoisotopic (exact) mass is 645 g/mol. The summed E-state index contributed by atoms with van der Waals surface area (Å²) in [5.41, 5.74) is 4.74. The molecule has 43 heavy (non-hydrogen) atoms. The lowest BCUT2D eigenvalue weighted by Gasteiger charge is -2.18. The van der Waals surface area contributed by atoms with E-state index >= 15 is 0 Å². The Kier molecular flexibility index (Phi) is 9.65. The molecule has 4 aromatic rings. The van der Waals surface area contributed by atoms with Crippen LogP contribution in [0.15, 0.2) is 88.7 Å². The van der Waals surface area contributed by atoms with Gasteiger partial charge in [-0.1, -0.05) is 54.9 Å². The second kappa shape index (κ2) is 13.4. The molecule has 0 spiro atoms. The molecule has 0 amide bonds. The van der Waals surface area contributed by atoms with Crippen LogP contribution in [0.5, 0.6) is 5.75 Å². The van der Waals surface area contributed by atoms with E-state index in [0.717, 1.165) is 22.4 Å². The van der Waals surface area contributed by atoms with Crippen molar-refractivity contribution >= 4 is 55.9 Å². The third-order valence-electron chi connectivity index (χ3n) is 6.84. The van der Waals surface area contributed by atoms with Crippen molar-refractivity contribution in [3.05, 3.63) is 95.2 Å². The van der Waals surface area contributed by atoms with Crippen LogP contribution in [-0.4, -0.2) is 40.6 Å². The van der Waals surface area contributed by atoms with Gasteiger partial charge in [-0.2, -0.15) is 17.2 Å². The summed E-state index contributed by atoms with van der Waals surface area (Å²) in [5.74, 6) is 1.04. The van der Waals surface area contributed by atoms with Gasteiger partial charge in [0.05, 0.1) is 18.4 Å². The molecule has 0 saturated carbocycles. The van der Waals surface area contributed by atoms with Crippen LogP contribution in [0.2, 0.25) is 5.02 Å². The van der Waals surface area contributed by atoms with Crippen molar-refractivity contribution in [2.75, 3.05) is 23.8 Å². The minimum atomic E-state index is -4.24. The van der Waals surface area contributed by atoms with Gasteiger partial charge in [0.1, 0.15) is 5.75 Å². The van der Waals surface area contributed by atoms with Crippen LogP contribution < -0.4 is 14.2 Å². The van der Waals surface area contributed by atoms with E-state index in [4.69, 9.17) is 29.5 Å². The fourth-order valence-corrected chi connectivity index (χ4v) is 5.62. The second-order valence-electron chi connectivity index (χ2n) is 9.74. The molecule has 13 heteroatoms. The lowest BCUT2D eigenvalue weighted by molar-refractivity contribution is -0.673. The quantitative estimate of drug-likeness (QED) is 0.0824. The number of halogens is 1. The topological polar surface area (TPSA) is 130 Å². The Labute approximate surface area is 257 Å². The first-order valence-electron chi connectivity index (χ1n) is 13.5. The van der Waals surface area contributed by atoms with Gasteiger partial charge in [0.15, 0.2) is 12.3 Å². The van der Waals surface area contributed by atoms with Crippen molar-refractivity contribution in [2.24, 2.45) is 0 Å². The van der Waals surface area contributed by atoms with Crippen LogP contribution in [0.3, 0.4) is 0 Å². The van der Waals surface area contributed by atoms with Crippen molar-refractivity contribution < 1.29 is 39.6 Å².